The minimum Gasteiger partial charge on any atom is -0.446 e. The molecule has 5 rings (SSSR count). The molecule has 0 fully saturated rings. The van der Waals surface area contributed by atoms with E-state index in [0.29, 0.717) is 17.7 Å². The van der Waals surface area contributed by atoms with Crippen molar-refractivity contribution in [3.8, 4) is 22.9 Å². The van der Waals surface area contributed by atoms with E-state index in [1.54, 1.807) is 6.08 Å². The van der Waals surface area contributed by atoms with Gasteiger partial charge in [0.2, 0.25) is 23.9 Å². The summed E-state index contributed by atoms with van der Waals surface area (Å²) in [6, 6.07) is 23.9. The zero-order valence-electron chi connectivity index (χ0n) is 19.4. The van der Waals surface area contributed by atoms with Crippen molar-refractivity contribution in [1.82, 2.24) is 15.6 Å². The van der Waals surface area contributed by atoms with E-state index in [1.165, 1.54) is 5.56 Å². The van der Waals surface area contributed by atoms with E-state index < -0.39 is 6.23 Å². The number of aromatic nitrogens is 2. The van der Waals surface area contributed by atoms with Crippen LogP contribution in [-0.2, 0) is 10.2 Å². The molecule has 6 nitrogen and oxygen atoms in total. The van der Waals surface area contributed by atoms with Crippen molar-refractivity contribution in [3.05, 3.63) is 102 Å². The second-order valence-electron chi connectivity index (χ2n) is 9.24. The van der Waals surface area contributed by atoms with Crippen LogP contribution < -0.4 is 5.43 Å². The summed E-state index contributed by atoms with van der Waals surface area (Å²) in [4.78, 5) is 0. The Morgan fingerprint density at radius 3 is 2.21 bits per heavy atom. The van der Waals surface area contributed by atoms with Crippen LogP contribution >= 0.6 is 0 Å². The molecule has 0 amide bonds. The molecule has 2 heterocycles. The third-order valence-electron chi connectivity index (χ3n) is 5.77. The zero-order chi connectivity index (χ0) is 23.7. The lowest BCUT2D eigenvalue weighted by molar-refractivity contribution is 0.192. The fourth-order valence-electron chi connectivity index (χ4n) is 3.72. The van der Waals surface area contributed by atoms with Crippen LogP contribution in [0.15, 0.2) is 88.9 Å². The quantitative estimate of drug-likeness (QED) is 0.385. The molecule has 1 aliphatic rings. The van der Waals surface area contributed by atoms with Gasteiger partial charge in [-0.15, -0.1) is 15.3 Å². The fraction of sp³-hybridized carbons (Fsp3) is 0.179. The Bertz CT molecular complexity index is 1350. The summed E-state index contributed by atoms with van der Waals surface area (Å²) in [6.07, 6.45) is 1.40. The molecule has 1 aliphatic heterocycles. The second kappa shape index (κ2) is 8.63. The lowest BCUT2D eigenvalue weighted by atomic mass is 9.87. The highest BCUT2D eigenvalue weighted by molar-refractivity contribution is 5.95. The molecule has 0 saturated carbocycles. The standard InChI is InChI=1S/C28H26N4O2/c1-5-18-9-11-19(12-10-18)24-29-31-26(33-24)21-7-6-8-22(17-21)27-32-30-25(34-27)20-13-15-23(16-14-20)28(2,3)4/h5-17,26,31H,1H2,2-4H3. The molecule has 1 unspecified atom stereocenters. The molecule has 4 aromatic rings. The van der Waals surface area contributed by atoms with Crippen LogP contribution in [0.5, 0.6) is 0 Å². The summed E-state index contributed by atoms with van der Waals surface area (Å²) in [5, 5.41) is 12.9. The molecule has 0 spiro atoms. The molecule has 1 aromatic heterocycles. The van der Waals surface area contributed by atoms with Crippen molar-refractivity contribution in [2.24, 2.45) is 5.10 Å². The Hall–Kier alpha value is -4.19. The van der Waals surface area contributed by atoms with Gasteiger partial charge in [-0.05, 0) is 52.9 Å². The Kier molecular flexibility index (Phi) is 5.49. The maximum atomic E-state index is 6.06. The zero-order valence-corrected chi connectivity index (χ0v) is 19.4. The van der Waals surface area contributed by atoms with Crippen LogP contribution in [0.1, 0.15) is 49.3 Å². The SMILES string of the molecule is C=Cc1ccc(C2=NNC(c3cccc(-c4nnc(-c5ccc(C(C)(C)C)cc5)o4)c3)O2)cc1. The van der Waals surface area contributed by atoms with Crippen LogP contribution in [0.4, 0.5) is 0 Å². The summed E-state index contributed by atoms with van der Waals surface area (Å²) in [5.74, 6) is 1.49. The third-order valence-corrected chi connectivity index (χ3v) is 5.77. The molecular weight excluding hydrogens is 424 g/mol. The molecule has 0 bridgehead atoms. The first-order valence-corrected chi connectivity index (χ1v) is 11.2. The minimum atomic E-state index is -0.402. The number of hydrogen-bond donors (Lipinski definition) is 1. The van der Waals surface area contributed by atoms with Gasteiger partial charge in [0.1, 0.15) is 0 Å². The van der Waals surface area contributed by atoms with E-state index in [2.05, 4.69) is 60.2 Å². The van der Waals surface area contributed by atoms with Crippen molar-refractivity contribution in [2.45, 2.75) is 32.4 Å². The number of ether oxygens (including phenoxy) is 1. The molecule has 0 saturated heterocycles. The summed E-state index contributed by atoms with van der Waals surface area (Å²) < 4.78 is 12.0. The van der Waals surface area contributed by atoms with Crippen LogP contribution in [0.25, 0.3) is 29.0 Å². The topological polar surface area (TPSA) is 72.5 Å². The van der Waals surface area contributed by atoms with Crippen molar-refractivity contribution in [1.29, 1.82) is 0 Å². The lowest BCUT2D eigenvalue weighted by Gasteiger charge is -2.18. The number of hydrogen-bond acceptors (Lipinski definition) is 6. The largest absolute Gasteiger partial charge is 0.446 e. The third kappa shape index (κ3) is 4.35. The number of benzene rings is 3. The van der Waals surface area contributed by atoms with E-state index in [4.69, 9.17) is 9.15 Å². The van der Waals surface area contributed by atoms with Gasteiger partial charge in [0.25, 0.3) is 0 Å². The van der Waals surface area contributed by atoms with E-state index in [9.17, 15) is 0 Å². The number of nitrogens with zero attached hydrogens (tertiary/aromatic N) is 3. The molecule has 170 valence electrons. The van der Waals surface area contributed by atoms with Gasteiger partial charge in [-0.1, -0.05) is 69.8 Å². The predicted molar refractivity (Wildman–Crippen MR) is 134 cm³/mol. The summed E-state index contributed by atoms with van der Waals surface area (Å²) >= 11 is 0. The van der Waals surface area contributed by atoms with Gasteiger partial charge < -0.3 is 9.15 Å². The molecule has 0 radical (unpaired) electrons. The maximum absolute atomic E-state index is 6.06. The first-order chi connectivity index (χ1) is 16.4. The monoisotopic (exact) mass is 450 g/mol. The van der Waals surface area contributed by atoms with Crippen molar-refractivity contribution in [2.75, 3.05) is 0 Å². The van der Waals surface area contributed by atoms with E-state index >= 15 is 0 Å². The number of nitrogens with one attached hydrogen (secondary N) is 1. The maximum Gasteiger partial charge on any atom is 0.248 e. The van der Waals surface area contributed by atoms with Crippen molar-refractivity contribution in [3.63, 3.8) is 0 Å². The highest BCUT2D eigenvalue weighted by atomic mass is 16.5. The first kappa shape index (κ1) is 21.6. The fourth-order valence-corrected chi connectivity index (χ4v) is 3.72. The van der Waals surface area contributed by atoms with Gasteiger partial charge in [-0.2, -0.15) is 0 Å². The summed E-state index contributed by atoms with van der Waals surface area (Å²) in [7, 11) is 0. The van der Waals surface area contributed by atoms with Gasteiger partial charge in [-0.3, -0.25) is 5.43 Å². The van der Waals surface area contributed by atoms with E-state index in [1.807, 2.05) is 60.7 Å². The van der Waals surface area contributed by atoms with Crippen molar-refractivity contribution >= 4 is 12.0 Å². The first-order valence-electron chi connectivity index (χ1n) is 11.2. The van der Waals surface area contributed by atoms with E-state index in [0.717, 1.165) is 27.8 Å². The molecule has 3 aromatic carbocycles. The van der Waals surface area contributed by atoms with Gasteiger partial charge >= 0.3 is 0 Å². The predicted octanol–water partition coefficient (Wildman–Crippen LogP) is 6.32. The average molecular weight is 451 g/mol. The Labute approximate surface area is 199 Å². The van der Waals surface area contributed by atoms with Crippen LogP contribution in [-0.4, -0.2) is 16.1 Å². The summed E-state index contributed by atoms with van der Waals surface area (Å²) in [6.45, 7) is 10.4. The number of rotatable bonds is 5. The summed E-state index contributed by atoms with van der Waals surface area (Å²) in [5.41, 5.74) is 8.97. The Balaban J connectivity index is 1.32. The second-order valence-corrected chi connectivity index (χ2v) is 9.24. The average Bonchev–Trinajstić information content (AvgIpc) is 3.54. The van der Waals surface area contributed by atoms with E-state index in [-0.39, 0.29) is 5.41 Å². The van der Waals surface area contributed by atoms with Crippen LogP contribution in [0, 0.1) is 0 Å². The van der Waals surface area contributed by atoms with Gasteiger partial charge in [-0.25, -0.2) is 0 Å². The van der Waals surface area contributed by atoms with Crippen molar-refractivity contribution < 1.29 is 9.15 Å². The molecule has 34 heavy (non-hydrogen) atoms. The van der Waals surface area contributed by atoms with Gasteiger partial charge in [0.15, 0.2) is 0 Å². The minimum absolute atomic E-state index is 0.0912. The van der Waals surface area contributed by atoms with Crippen LogP contribution in [0.2, 0.25) is 0 Å². The molecule has 6 heteroatoms. The lowest BCUT2D eigenvalue weighted by Crippen LogP contribution is -2.12. The Morgan fingerprint density at radius 2 is 1.53 bits per heavy atom. The Morgan fingerprint density at radius 1 is 0.853 bits per heavy atom. The van der Waals surface area contributed by atoms with Gasteiger partial charge in [0, 0.05) is 22.3 Å². The van der Waals surface area contributed by atoms with Gasteiger partial charge in [0.05, 0.1) is 0 Å². The highest BCUT2D eigenvalue weighted by Crippen LogP contribution is 2.29. The molecule has 1 N–H and O–H groups in total. The number of hydrazone groups is 1. The normalized spacial score (nSPS) is 15.4. The highest BCUT2D eigenvalue weighted by Gasteiger charge is 2.23. The van der Waals surface area contributed by atoms with Crippen LogP contribution in [0.3, 0.4) is 0 Å². The molecular formula is C28H26N4O2. The smallest absolute Gasteiger partial charge is 0.248 e. The molecule has 0 aliphatic carbocycles. The molecule has 1 atom stereocenters.